The molecule has 0 aliphatic carbocycles. The predicted molar refractivity (Wildman–Crippen MR) is 117 cm³/mol. The van der Waals surface area contributed by atoms with Crippen LogP contribution >= 0.6 is 0 Å². The van der Waals surface area contributed by atoms with Crippen molar-refractivity contribution >= 4 is 11.7 Å². The fourth-order valence-corrected chi connectivity index (χ4v) is 3.69. The number of carbonyl (C=O) groups excluding carboxylic acids is 1. The van der Waals surface area contributed by atoms with E-state index in [-0.39, 0.29) is 11.7 Å². The number of nitrogens with zero attached hydrogens (tertiary/aromatic N) is 4. The number of amides is 1. The van der Waals surface area contributed by atoms with Crippen molar-refractivity contribution in [3.63, 3.8) is 0 Å². The molecule has 4 rings (SSSR count). The molecule has 1 unspecified atom stereocenters. The van der Waals surface area contributed by atoms with E-state index in [0.29, 0.717) is 26.2 Å². The maximum Gasteiger partial charge on any atom is 0.263 e. The number of benzene rings is 2. The van der Waals surface area contributed by atoms with Gasteiger partial charge in [0.2, 0.25) is 0 Å². The van der Waals surface area contributed by atoms with Crippen molar-refractivity contribution in [3.05, 3.63) is 72.0 Å². The molecule has 0 bridgehead atoms. The van der Waals surface area contributed by atoms with Crippen LogP contribution in [-0.4, -0.2) is 53.3 Å². The second kappa shape index (κ2) is 9.12. The van der Waals surface area contributed by atoms with Gasteiger partial charge < -0.3 is 14.5 Å². The minimum Gasteiger partial charge on any atom is -0.478 e. The summed E-state index contributed by atoms with van der Waals surface area (Å²) < 4.78 is 19.3. The van der Waals surface area contributed by atoms with Crippen molar-refractivity contribution in [2.45, 2.75) is 20.0 Å². The Labute approximate surface area is 181 Å². The molecule has 6 nitrogen and oxygen atoms in total. The highest BCUT2D eigenvalue weighted by molar-refractivity contribution is 5.81. The lowest BCUT2D eigenvalue weighted by Crippen LogP contribution is -2.52. The number of rotatable bonds is 5. The zero-order valence-electron chi connectivity index (χ0n) is 17.7. The van der Waals surface area contributed by atoms with Gasteiger partial charge in [0.05, 0.1) is 5.69 Å². The van der Waals surface area contributed by atoms with E-state index in [1.54, 1.807) is 24.0 Å². The van der Waals surface area contributed by atoms with Gasteiger partial charge in [0.25, 0.3) is 5.91 Å². The fraction of sp³-hybridized carbons (Fsp3) is 0.292. The molecule has 1 aliphatic rings. The van der Waals surface area contributed by atoms with Crippen molar-refractivity contribution < 1.29 is 13.9 Å². The summed E-state index contributed by atoms with van der Waals surface area (Å²) in [4.78, 5) is 16.6. The lowest BCUT2D eigenvalue weighted by Gasteiger charge is -2.36. The molecule has 0 N–H and O–H groups in total. The molecule has 1 aliphatic heterocycles. The van der Waals surface area contributed by atoms with Gasteiger partial charge in [-0.3, -0.25) is 4.79 Å². The third-order valence-corrected chi connectivity index (χ3v) is 5.47. The first-order valence-corrected chi connectivity index (χ1v) is 10.4. The first-order chi connectivity index (χ1) is 15.0. The topological polar surface area (TPSA) is 58.6 Å². The van der Waals surface area contributed by atoms with Gasteiger partial charge in [0.15, 0.2) is 23.5 Å². The number of anilines is 1. The van der Waals surface area contributed by atoms with Gasteiger partial charge in [-0.1, -0.05) is 36.4 Å². The second-order valence-corrected chi connectivity index (χ2v) is 7.59. The van der Waals surface area contributed by atoms with E-state index in [9.17, 15) is 9.18 Å². The van der Waals surface area contributed by atoms with E-state index < -0.39 is 11.9 Å². The molecule has 1 atom stereocenters. The van der Waals surface area contributed by atoms with Crippen LogP contribution in [0.1, 0.15) is 12.5 Å². The van der Waals surface area contributed by atoms with E-state index in [1.165, 1.54) is 12.1 Å². The number of piperazine rings is 1. The summed E-state index contributed by atoms with van der Waals surface area (Å²) in [5.74, 6) is 0.259. The minimum atomic E-state index is -0.753. The number of aromatic nitrogens is 2. The van der Waals surface area contributed by atoms with Crippen molar-refractivity contribution in [3.8, 4) is 17.0 Å². The molecule has 2 heterocycles. The maximum absolute atomic E-state index is 13.8. The summed E-state index contributed by atoms with van der Waals surface area (Å²) in [5.41, 5.74) is 3.07. The summed E-state index contributed by atoms with van der Waals surface area (Å²) in [6.07, 6.45) is -0.753. The maximum atomic E-state index is 13.8. The molecule has 160 valence electrons. The fourth-order valence-electron chi connectivity index (χ4n) is 3.69. The Morgan fingerprint density at radius 3 is 2.35 bits per heavy atom. The van der Waals surface area contributed by atoms with Crippen LogP contribution in [0, 0.1) is 12.7 Å². The molecule has 7 heteroatoms. The molecule has 1 amide bonds. The Hall–Kier alpha value is -3.48. The zero-order valence-corrected chi connectivity index (χ0v) is 17.7. The van der Waals surface area contributed by atoms with Gasteiger partial charge in [0.1, 0.15) is 0 Å². The molecule has 31 heavy (non-hydrogen) atoms. The van der Waals surface area contributed by atoms with Gasteiger partial charge >= 0.3 is 0 Å². The molecular formula is C24H25FN4O2. The van der Waals surface area contributed by atoms with Crippen LogP contribution < -0.4 is 9.64 Å². The highest BCUT2D eigenvalue weighted by Gasteiger charge is 2.27. The summed E-state index contributed by atoms with van der Waals surface area (Å²) in [6.45, 7) is 6.10. The van der Waals surface area contributed by atoms with Crippen molar-refractivity contribution in [1.29, 1.82) is 0 Å². The molecule has 0 radical (unpaired) electrons. The highest BCUT2D eigenvalue weighted by atomic mass is 19.1. The zero-order chi connectivity index (χ0) is 21.8. The van der Waals surface area contributed by atoms with Gasteiger partial charge in [-0.05, 0) is 43.7 Å². The van der Waals surface area contributed by atoms with Crippen LogP contribution in [0.2, 0.25) is 0 Å². The monoisotopic (exact) mass is 420 g/mol. The number of carbonyl (C=O) groups is 1. The number of aryl methyl sites for hydroxylation is 1. The van der Waals surface area contributed by atoms with Gasteiger partial charge in [-0.2, -0.15) is 0 Å². The van der Waals surface area contributed by atoms with E-state index in [1.807, 2.05) is 30.3 Å². The Morgan fingerprint density at radius 2 is 1.68 bits per heavy atom. The quantitative estimate of drug-likeness (QED) is 0.630. The average Bonchev–Trinajstić information content (AvgIpc) is 2.81. The van der Waals surface area contributed by atoms with Crippen LogP contribution in [0.15, 0.2) is 60.7 Å². The largest absolute Gasteiger partial charge is 0.478 e. The SMILES string of the molecule is Cc1ccccc1-c1ccc(N2CCN(C(=O)C(C)Oc3ccccc3F)CC2)nn1. The molecule has 2 aromatic carbocycles. The van der Waals surface area contributed by atoms with Crippen molar-refractivity contribution in [2.24, 2.45) is 0 Å². The summed E-state index contributed by atoms with van der Waals surface area (Å²) in [7, 11) is 0. The Kier molecular flexibility index (Phi) is 6.11. The van der Waals surface area contributed by atoms with Gasteiger partial charge in [-0.25, -0.2) is 4.39 Å². The Bertz CT molecular complexity index is 1050. The standard InChI is InChI=1S/C24H25FN4O2/c1-17-7-3-4-8-19(17)21-11-12-23(27-26-21)28-13-15-29(16-14-28)24(30)18(2)31-22-10-6-5-9-20(22)25/h3-12,18H,13-16H2,1-2H3. The summed E-state index contributed by atoms with van der Waals surface area (Å²) >= 11 is 0. The van der Waals surface area contributed by atoms with E-state index in [4.69, 9.17) is 4.74 Å². The predicted octanol–water partition coefficient (Wildman–Crippen LogP) is 3.71. The summed E-state index contributed by atoms with van der Waals surface area (Å²) in [5, 5.41) is 8.79. The van der Waals surface area contributed by atoms with E-state index >= 15 is 0 Å². The minimum absolute atomic E-state index is 0.0889. The van der Waals surface area contributed by atoms with Crippen molar-refractivity contribution in [2.75, 3.05) is 31.1 Å². The van der Waals surface area contributed by atoms with Crippen LogP contribution in [0.4, 0.5) is 10.2 Å². The number of ether oxygens (including phenoxy) is 1. The number of halogens is 1. The molecule has 1 saturated heterocycles. The number of para-hydroxylation sites is 1. The van der Waals surface area contributed by atoms with Gasteiger partial charge in [-0.15, -0.1) is 10.2 Å². The number of hydrogen-bond donors (Lipinski definition) is 0. The lowest BCUT2D eigenvalue weighted by molar-refractivity contribution is -0.138. The van der Waals surface area contributed by atoms with Crippen LogP contribution in [0.25, 0.3) is 11.3 Å². The molecule has 0 saturated carbocycles. The van der Waals surface area contributed by atoms with Crippen LogP contribution in [-0.2, 0) is 4.79 Å². The Balaban J connectivity index is 1.34. The van der Waals surface area contributed by atoms with E-state index in [0.717, 1.165) is 22.6 Å². The first-order valence-electron chi connectivity index (χ1n) is 10.4. The molecule has 1 fully saturated rings. The smallest absolute Gasteiger partial charge is 0.263 e. The highest BCUT2D eigenvalue weighted by Crippen LogP contribution is 2.23. The average molecular weight is 420 g/mol. The Morgan fingerprint density at radius 1 is 0.968 bits per heavy atom. The summed E-state index contributed by atoms with van der Waals surface area (Å²) in [6, 6.07) is 18.1. The van der Waals surface area contributed by atoms with Gasteiger partial charge in [0, 0.05) is 31.7 Å². The van der Waals surface area contributed by atoms with Crippen LogP contribution in [0.3, 0.4) is 0 Å². The third-order valence-electron chi connectivity index (χ3n) is 5.47. The molecule has 0 spiro atoms. The molecule has 1 aromatic heterocycles. The lowest BCUT2D eigenvalue weighted by atomic mass is 10.1. The first kappa shape index (κ1) is 20.8. The van der Waals surface area contributed by atoms with Crippen LogP contribution in [0.5, 0.6) is 5.75 Å². The molecular weight excluding hydrogens is 395 g/mol. The van der Waals surface area contributed by atoms with Crippen molar-refractivity contribution in [1.82, 2.24) is 15.1 Å². The third kappa shape index (κ3) is 4.66. The normalized spacial score (nSPS) is 14.9. The second-order valence-electron chi connectivity index (χ2n) is 7.59. The number of hydrogen-bond acceptors (Lipinski definition) is 5. The molecule has 3 aromatic rings. The van der Waals surface area contributed by atoms with E-state index in [2.05, 4.69) is 28.1 Å².